The normalized spacial score (nSPS) is 16.9. The van der Waals surface area contributed by atoms with Gasteiger partial charge in [0, 0.05) is 38.4 Å². The van der Waals surface area contributed by atoms with Crippen molar-refractivity contribution in [2.45, 2.75) is 18.3 Å². The van der Waals surface area contributed by atoms with Crippen LogP contribution in [0.25, 0.3) is 11.0 Å². The van der Waals surface area contributed by atoms with E-state index in [0.717, 1.165) is 29.6 Å². The van der Waals surface area contributed by atoms with Gasteiger partial charge in [-0.3, -0.25) is 4.68 Å². The lowest BCUT2D eigenvalue weighted by Crippen LogP contribution is -2.40. The first kappa shape index (κ1) is 16.0. The van der Waals surface area contributed by atoms with Crippen molar-refractivity contribution in [3.05, 3.63) is 48.2 Å². The molecule has 0 aliphatic carbocycles. The predicted octanol–water partition coefficient (Wildman–Crippen LogP) is 2.66. The largest absolute Gasteiger partial charge is 0.381 e. The maximum Gasteiger partial charge on any atom is 0.186 e. The summed E-state index contributed by atoms with van der Waals surface area (Å²) in [5, 5.41) is 8.68. The van der Waals surface area contributed by atoms with Crippen LogP contribution in [0.15, 0.2) is 36.8 Å². The lowest BCUT2D eigenvalue weighted by atomic mass is 9.74. The van der Waals surface area contributed by atoms with Gasteiger partial charge in [0.2, 0.25) is 0 Å². The number of ether oxygens (including phenoxy) is 1. The highest BCUT2D eigenvalue weighted by Crippen LogP contribution is 2.35. The number of hydrogen-bond acceptors (Lipinski definition) is 5. The molecule has 3 aromatic rings. The quantitative estimate of drug-likeness (QED) is 0.790. The molecular weight excluding hydrogens is 321 g/mol. The Kier molecular flexibility index (Phi) is 4.09. The van der Waals surface area contributed by atoms with E-state index >= 15 is 0 Å². The zero-order chi connectivity index (χ0) is 17.3. The summed E-state index contributed by atoms with van der Waals surface area (Å²) in [6, 6.07) is 6.80. The van der Waals surface area contributed by atoms with Crippen molar-refractivity contribution in [2.75, 3.05) is 25.1 Å². The highest BCUT2D eigenvalue weighted by atomic mass is 19.1. The van der Waals surface area contributed by atoms with Crippen molar-refractivity contribution < 1.29 is 9.13 Å². The SMILES string of the molecule is Cn1cc2c(NCC3(c4ccc(F)cc4)CCOCC3)ncnc2n1. The summed E-state index contributed by atoms with van der Waals surface area (Å²) in [6.45, 7) is 2.10. The second-order valence-corrected chi connectivity index (χ2v) is 6.52. The minimum absolute atomic E-state index is 0.106. The van der Waals surface area contributed by atoms with E-state index in [1.807, 2.05) is 25.4 Å². The molecule has 3 heterocycles. The molecule has 0 radical (unpaired) electrons. The van der Waals surface area contributed by atoms with Crippen LogP contribution >= 0.6 is 0 Å². The topological polar surface area (TPSA) is 64.9 Å². The highest BCUT2D eigenvalue weighted by molar-refractivity contribution is 5.85. The molecule has 0 spiro atoms. The molecule has 1 aliphatic heterocycles. The Morgan fingerprint density at radius 1 is 1.20 bits per heavy atom. The molecule has 130 valence electrons. The Morgan fingerprint density at radius 3 is 2.72 bits per heavy atom. The third kappa shape index (κ3) is 3.07. The van der Waals surface area contributed by atoms with Gasteiger partial charge < -0.3 is 10.1 Å². The summed E-state index contributed by atoms with van der Waals surface area (Å²) in [5.74, 6) is 0.554. The van der Waals surface area contributed by atoms with Crippen molar-refractivity contribution in [1.82, 2.24) is 19.7 Å². The lowest BCUT2D eigenvalue weighted by molar-refractivity contribution is 0.0543. The molecule has 0 saturated carbocycles. The van der Waals surface area contributed by atoms with Crippen LogP contribution in [-0.2, 0) is 17.2 Å². The van der Waals surface area contributed by atoms with Crippen LogP contribution in [0.5, 0.6) is 0 Å². The molecule has 1 N–H and O–H groups in total. The number of nitrogens with zero attached hydrogens (tertiary/aromatic N) is 4. The smallest absolute Gasteiger partial charge is 0.186 e. The van der Waals surface area contributed by atoms with Gasteiger partial charge in [0.05, 0.1) is 5.39 Å². The Labute approximate surface area is 145 Å². The molecule has 0 atom stereocenters. The fourth-order valence-corrected chi connectivity index (χ4v) is 3.48. The monoisotopic (exact) mass is 341 g/mol. The Balaban J connectivity index is 1.63. The van der Waals surface area contributed by atoms with Gasteiger partial charge in [-0.2, -0.15) is 5.10 Å². The maximum absolute atomic E-state index is 13.3. The van der Waals surface area contributed by atoms with E-state index in [0.29, 0.717) is 25.4 Å². The number of aryl methyl sites for hydroxylation is 1. The lowest BCUT2D eigenvalue weighted by Gasteiger charge is -2.38. The number of rotatable bonds is 4. The first-order chi connectivity index (χ1) is 12.2. The molecule has 1 fully saturated rings. The fourth-order valence-electron chi connectivity index (χ4n) is 3.48. The van der Waals surface area contributed by atoms with E-state index in [1.165, 1.54) is 18.5 Å². The minimum atomic E-state index is -0.216. The number of hydrogen-bond donors (Lipinski definition) is 1. The second kappa shape index (κ2) is 6.40. The van der Waals surface area contributed by atoms with Crippen molar-refractivity contribution in [2.24, 2.45) is 7.05 Å². The fraction of sp³-hybridized carbons (Fsp3) is 0.389. The Hall–Kier alpha value is -2.54. The van der Waals surface area contributed by atoms with Crippen LogP contribution in [0.1, 0.15) is 18.4 Å². The summed E-state index contributed by atoms with van der Waals surface area (Å²) < 4.78 is 20.6. The van der Waals surface area contributed by atoms with Crippen LogP contribution in [0.4, 0.5) is 10.2 Å². The first-order valence-corrected chi connectivity index (χ1v) is 8.38. The third-order valence-corrected chi connectivity index (χ3v) is 4.93. The molecule has 1 aromatic carbocycles. The van der Waals surface area contributed by atoms with Crippen molar-refractivity contribution in [1.29, 1.82) is 0 Å². The maximum atomic E-state index is 13.3. The minimum Gasteiger partial charge on any atom is -0.381 e. The first-order valence-electron chi connectivity index (χ1n) is 8.38. The standard InChI is InChI=1S/C18H20FN5O/c1-24-10-15-16(21-12-22-17(15)23-24)20-11-18(6-8-25-9-7-18)13-2-4-14(19)5-3-13/h2-5,10,12H,6-9,11H2,1H3,(H,20,21,22,23). The number of nitrogens with one attached hydrogen (secondary N) is 1. The Bertz CT molecular complexity index is 871. The highest BCUT2D eigenvalue weighted by Gasteiger charge is 2.34. The molecule has 4 rings (SSSR count). The zero-order valence-corrected chi connectivity index (χ0v) is 14.1. The van der Waals surface area contributed by atoms with Gasteiger partial charge in [0.15, 0.2) is 5.65 Å². The van der Waals surface area contributed by atoms with Crippen LogP contribution in [0.3, 0.4) is 0 Å². The van der Waals surface area contributed by atoms with Gasteiger partial charge in [-0.05, 0) is 30.5 Å². The molecule has 0 bridgehead atoms. The zero-order valence-electron chi connectivity index (χ0n) is 14.1. The number of anilines is 1. The van der Waals surface area contributed by atoms with Gasteiger partial charge >= 0.3 is 0 Å². The van der Waals surface area contributed by atoms with Crippen LogP contribution in [-0.4, -0.2) is 39.5 Å². The summed E-state index contributed by atoms with van der Waals surface area (Å²) in [5.41, 5.74) is 1.69. The number of benzene rings is 1. The average Bonchev–Trinajstić information content (AvgIpc) is 3.02. The summed E-state index contributed by atoms with van der Waals surface area (Å²) in [4.78, 5) is 8.57. The molecule has 0 unspecified atom stereocenters. The second-order valence-electron chi connectivity index (χ2n) is 6.52. The molecular formula is C18H20FN5O. The van der Waals surface area contributed by atoms with Crippen LogP contribution in [0, 0.1) is 5.82 Å². The van der Waals surface area contributed by atoms with Crippen molar-refractivity contribution in [3.8, 4) is 0 Å². The van der Waals surface area contributed by atoms with E-state index < -0.39 is 0 Å². The van der Waals surface area contributed by atoms with Gasteiger partial charge in [0.25, 0.3) is 0 Å². The summed E-state index contributed by atoms with van der Waals surface area (Å²) in [7, 11) is 1.87. The van der Waals surface area contributed by atoms with Gasteiger partial charge in [-0.25, -0.2) is 14.4 Å². The van der Waals surface area contributed by atoms with E-state index in [1.54, 1.807) is 4.68 Å². The summed E-state index contributed by atoms with van der Waals surface area (Å²) in [6.07, 6.45) is 5.19. The molecule has 7 heteroatoms. The summed E-state index contributed by atoms with van der Waals surface area (Å²) >= 11 is 0. The molecule has 1 saturated heterocycles. The van der Waals surface area contributed by atoms with Crippen molar-refractivity contribution in [3.63, 3.8) is 0 Å². The van der Waals surface area contributed by atoms with Crippen molar-refractivity contribution >= 4 is 16.9 Å². The van der Waals surface area contributed by atoms with Gasteiger partial charge in [0.1, 0.15) is 18.0 Å². The molecule has 6 nitrogen and oxygen atoms in total. The third-order valence-electron chi connectivity index (χ3n) is 4.93. The number of fused-ring (bicyclic) bond motifs is 1. The van der Waals surface area contributed by atoms with Crippen LogP contribution < -0.4 is 5.32 Å². The number of halogens is 1. The Morgan fingerprint density at radius 2 is 1.96 bits per heavy atom. The van der Waals surface area contributed by atoms with Crippen LogP contribution in [0.2, 0.25) is 0 Å². The number of aromatic nitrogens is 4. The van der Waals surface area contributed by atoms with E-state index in [-0.39, 0.29) is 11.2 Å². The molecule has 2 aromatic heterocycles. The molecule has 0 amide bonds. The van der Waals surface area contributed by atoms with Gasteiger partial charge in [-0.15, -0.1) is 0 Å². The molecule has 25 heavy (non-hydrogen) atoms. The van der Waals surface area contributed by atoms with E-state index in [9.17, 15) is 4.39 Å². The molecule has 1 aliphatic rings. The van der Waals surface area contributed by atoms with Gasteiger partial charge in [-0.1, -0.05) is 12.1 Å². The van der Waals surface area contributed by atoms with E-state index in [4.69, 9.17) is 4.74 Å². The predicted molar refractivity (Wildman–Crippen MR) is 92.9 cm³/mol. The van der Waals surface area contributed by atoms with E-state index in [2.05, 4.69) is 20.4 Å². The average molecular weight is 341 g/mol.